The van der Waals surface area contributed by atoms with Crippen LogP contribution in [0.3, 0.4) is 0 Å². The molecule has 1 aliphatic rings. The standard InChI is InChI=1S/C21H15Br2IN2O6/c1-10-5-12(3-4-14(10)22)26-20(29)13(19(28)25-21(26)30)6-11-7-15(23)18(16(24)8-11)32-9-17(27)31-2/h3-8H,9H2,1-2H3,(H,25,28,30)/b13-6+. The fourth-order valence-electron chi connectivity index (χ4n) is 2.82. The molecule has 3 rings (SSSR count). The predicted molar refractivity (Wildman–Crippen MR) is 132 cm³/mol. The second kappa shape index (κ2) is 10.1. The van der Waals surface area contributed by atoms with Crippen molar-refractivity contribution in [2.24, 2.45) is 0 Å². The average molecular weight is 678 g/mol. The number of esters is 1. The highest BCUT2D eigenvalue weighted by Gasteiger charge is 2.37. The van der Waals surface area contributed by atoms with Crippen molar-refractivity contribution in [2.75, 3.05) is 18.6 Å². The van der Waals surface area contributed by atoms with Crippen molar-refractivity contribution in [3.63, 3.8) is 0 Å². The molecule has 0 saturated carbocycles. The SMILES string of the molecule is COC(=O)COc1c(Br)cc(/C=C2\C(=O)NC(=O)N(c3ccc(Br)c(C)c3)C2=O)cc1I. The summed E-state index contributed by atoms with van der Waals surface area (Å²) in [7, 11) is 1.26. The number of hydrogen-bond acceptors (Lipinski definition) is 6. The Hall–Kier alpha value is -2.25. The maximum absolute atomic E-state index is 13.1. The van der Waals surface area contributed by atoms with Gasteiger partial charge in [-0.15, -0.1) is 0 Å². The zero-order valence-corrected chi connectivity index (χ0v) is 22.0. The Labute approximate surface area is 213 Å². The number of ether oxygens (including phenoxy) is 2. The lowest BCUT2D eigenvalue weighted by Crippen LogP contribution is -2.54. The topological polar surface area (TPSA) is 102 Å². The van der Waals surface area contributed by atoms with E-state index >= 15 is 0 Å². The molecule has 1 aliphatic heterocycles. The highest BCUT2D eigenvalue weighted by molar-refractivity contribution is 14.1. The summed E-state index contributed by atoms with van der Waals surface area (Å²) in [4.78, 5) is 50.1. The molecule has 0 spiro atoms. The number of rotatable bonds is 5. The summed E-state index contributed by atoms with van der Waals surface area (Å²) in [5.41, 5.74) is 1.49. The van der Waals surface area contributed by atoms with Crippen molar-refractivity contribution in [1.82, 2.24) is 5.32 Å². The van der Waals surface area contributed by atoms with Gasteiger partial charge in [0.15, 0.2) is 6.61 Å². The van der Waals surface area contributed by atoms with Gasteiger partial charge in [0.05, 0.1) is 20.8 Å². The quantitative estimate of drug-likeness (QED) is 0.219. The predicted octanol–water partition coefficient (Wildman–Crippen LogP) is 4.34. The number of anilines is 1. The number of urea groups is 1. The molecule has 2 aromatic rings. The molecule has 0 unspecified atom stereocenters. The first-order valence-corrected chi connectivity index (χ1v) is 11.6. The molecule has 166 valence electrons. The monoisotopic (exact) mass is 676 g/mol. The van der Waals surface area contributed by atoms with E-state index in [9.17, 15) is 19.2 Å². The van der Waals surface area contributed by atoms with Crippen molar-refractivity contribution in [1.29, 1.82) is 0 Å². The van der Waals surface area contributed by atoms with E-state index in [1.165, 1.54) is 13.2 Å². The summed E-state index contributed by atoms with van der Waals surface area (Å²) in [6, 6.07) is 7.48. The lowest BCUT2D eigenvalue weighted by atomic mass is 10.1. The molecule has 1 heterocycles. The Morgan fingerprint density at radius 3 is 2.50 bits per heavy atom. The van der Waals surface area contributed by atoms with Gasteiger partial charge in [-0.05, 0) is 93.0 Å². The van der Waals surface area contributed by atoms with Gasteiger partial charge in [0.2, 0.25) is 0 Å². The minimum atomic E-state index is -0.818. The van der Waals surface area contributed by atoms with Gasteiger partial charge in [0, 0.05) is 4.47 Å². The Bertz CT molecular complexity index is 1160. The highest BCUT2D eigenvalue weighted by Crippen LogP contribution is 2.33. The molecule has 8 nitrogen and oxygen atoms in total. The Kier molecular flexibility index (Phi) is 7.72. The van der Waals surface area contributed by atoms with E-state index in [0.717, 1.165) is 14.9 Å². The van der Waals surface area contributed by atoms with Crippen LogP contribution in [0.1, 0.15) is 11.1 Å². The van der Waals surface area contributed by atoms with Gasteiger partial charge in [-0.1, -0.05) is 15.9 Å². The second-order valence-electron chi connectivity index (χ2n) is 6.57. The first-order chi connectivity index (χ1) is 15.1. The van der Waals surface area contributed by atoms with Crippen molar-refractivity contribution in [3.05, 3.63) is 59.5 Å². The van der Waals surface area contributed by atoms with Gasteiger partial charge >= 0.3 is 12.0 Å². The third kappa shape index (κ3) is 5.21. The number of carbonyl (C=O) groups excluding carboxylic acids is 4. The number of halogens is 3. The zero-order valence-electron chi connectivity index (χ0n) is 16.7. The minimum absolute atomic E-state index is 0.198. The van der Waals surface area contributed by atoms with Crippen LogP contribution < -0.4 is 15.0 Å². The summed E-state index contributed by atoms with van der Waals surface area (Å²) in [6.07, 6.45) is 1.39. The molecule has 0 atom stereocenters. The largest absolute Gasteiger partial charge is 0.480 e. The number of methoxy groups -OCH3 is 1. The second-order valence-corrected chi connectivity index (χ2v) is 9.44. The van der Waals surface area contributed by atoms with E-state index < -0.39 is 23.8 Å². The number of benzene rings is 2. The van der Waals surface area contributed by atoms with Gasteiger partial charge in [-0.25, -0.2) is 14.5 Å². The van der Waals surface area contributed by atoms with Crippen LogP contribution in [0, 0.1) is 10.5 Å². The van der Waals surface area contributed by atoms with E-state index in [1.54, 1.807) is 30.3 Å². The number of imide groups is 2. The number of nitrogens with zero attached hydrogens (tertiary/aromatic N) is 1. The molecule has 2 aromatic carbocycles. The van der Waals surface area contributed by atoms with E-state index in [-0.39, 0.29) is 12.2 Å². The number of aryl methyl sites for hydroxylation is 1. The number of nitrogens with one attached hydrogen (secondary N) is 1. The molecule has 1 fully saturated rings. The number of hydrogen-bond donors (Lipinski definition) is 1. The van der Waals surface area contributed by atoms with Gasteiger partial charge in [-0.2, -0.15) is 0 Å². The molecule has 1 saturated heterocycles. The Morgan fingerprint density at radius 1 is 1.16 bits per heavy atom. The molecule has 4 amide bonds. The molecule has 0 bridgehead atoms. The van der Waals surface area contributed by atoms with Gasteiger partial charge in [0.1, 0.15) is 11.3 Å². The van der Waals surface area contributed by atoms with Crippen molar-refractivity contribution in [2.45, 2.75) is 6.92 Å². The van der Waals surface area contributed by atoms with Crippen LogP contribution in [-0.2, 0) is 19.1 Å². The smallest absolute Gasteiger partial charge is 0.343 e. The third-order valence-corrected chi connectivity index (χ3v) is 6.68. The fourth-order valence-corrected chi connectivity index (χ4v) is 4.83. The number of barbiturate groups is 1. The summed E-state index contributed by atoms with van der Waals surface area (Å²) in [5.74, 6) is -1.64. The molecule has 1 N–H and O–H groups in total. The van der Waals surface area contributed by atoms with E-state index in [1.807, 2.05) is 29.5 Å². The summed E-state index contributed by atoms with van der Waals surface area (Å²) >= 11 is 8.76. The van der Waals surface area contributed by atoms with Crippen LogP contribution in [0.5, 0.6) is 5.75 Å². The third-order valence-electron chi connectivity index (χ3n) is 4.40. The fraction of sp³-hybridized carbons (Fsp3) is 0.143. The van der Waals surface area contributed by atoms with Crippen LogP contribution in [0.2, 0.25) is 0 Å². The summed E-state index contributed by atoms with van der Waals surface area (Å²) in [6.45, 7) is 1.56. The average Bonchev–Trinajstić information content (AvgIpc) is 2.72. The normalized spacial score (nSPS) is 15.1. The summed E-state index contributed by atoms with van der Waals surface area (Å²) in [5, 5.41) is 2.20. The number of amides is 4. The van der Waals surface area contributed by atoms with E-state index in [2.05, 4.69) is 41.9 Å². The van der Waals surface area contributed by atoms with E-state index in [0.29, 0.717) is 25.0 Å². The molecule has 32 heavy (non-hydrogen) atoms. The summed E-state index contributed by atoms with van der Waals surface area (Å²) < 4.78 is 12.0. The minimum Gasteiger partial charge on any atom is -0.480 e. The van der Waals surface area contributed by atoms with E-state index in [4.69, 9.17) is 4.74 Å². The van der Waals surface area contributed by atoms with Crippen molar-refractivity contribution in [3.8, 4) is 5.75 Å². The Morgan fingerprint density at radius 2 is 1.88 bits per heavy atom. The first-order valence-electron chi connectivity index (χ1n) is 8.98. The molecule has 11 heteroatoms. The van der Waals surface area contributed by atoms with Crippen LogP contribution in [-0.4, -0.2) is 37.5 Å². The maximum atomic E-state index is 13.1. The first kappa shape index (κ1) is 24.4. The van der Waals surface area contributed by atoms with Crippen LogP contribution in [0.4, 0.5) is 10.5 Å². The molecule has 0 aromatic heterocycles. The Balaban J connectivity index is 1.95. The molecule has 0 radical (unpaired) electrons. The van der Waals surface area contributed by atoms with Crippen molar-refractivity contribution < 1.29 is 28.7 Å². The lowest BCUT2D eigenvalue weighted by Gasteiger charge is -2.26. The number of carbonyl (C=O) groups is 4. The maximum Gasteiger partial charge on any atom is 0.343 e. The lowest BCUT2D eigenvalue weighted by molar-refractivity contribution is -0.143. The van der Waals surface area contributed by atoms with Crippen LogP contribution >= 0.6 is 54.5 Å². The zero-order chi connectivity index (χ0) is 23.6. The molecular weight excluding hydrogens is 663 g/mol. The van der Waals surface area contributed by atoms with Crippen LogP contribution in [0.25, 0.3) is 6.08 Å². The van der Waals surface area contributed by atoms with Gasteiger partial charge in [0.25, 0.3) is 11.8 Å². The van der Waals surface area contributed by atoms with Gasteiger partial charge in [-0.3, -0.25) is 14.9 Å². The molecule has 0 aliphatic carbocycles. The highest BCUT2D eigenvalue weighted by atomic mass is 127. The van der Waals surface area contributed by atoms with Crippen LogP contribution in [0.15, 0.2) is 44.9 Å². The molecular formula is C21H15Br2IN2O6. The van der Waals surface area contributed by atoms with Gasteiger partial charge < -0.3 is 9.47 Å². The van der Waals surface area contributed by atoms with Crippen molar-refractivity contribution >= 4 is 90.0 Å².